The molecule has 0 aromatic carbocycles. The van der Waals surface area contributed by atoms with E-state index in [0.29, 0.717) is 12.5 Å². The van der Waals surface area contributed by atoms with Crippen LogP contribution < -0.4 is 5.73 Å². The fraction of sp³-hybridized carbons (Fsp3) is 0.900. The topological polar surface area (TPSA) is 60.1 Å². The molecule has 5 nitrogen and oxygen atoms in total. The van der Waals surface area contributed by atoms with Gasteiger partial charge in [-0.2, -0.15) is 0 Å². The SMILES string of the molecule is COC(C)(C)CN=C(N)N1CCOCC1. The van der Waals surface area contributed by atoms with Crippen molar-refractivity contribution in [3.05, 3.63) is 0 Å². The Labute approximate surface area is 91.2 Å². The quantitative estimate of drug-likeness (QED) is 0.534. The van der Waals surface area contributed by atoms with Gasteiger partial charge in [0.05, 0.1) is 25.4 Å². The van der Waals surface area contributed by atoms with E-state index >= 15 is 0 Å². The average Bonchev–Trinajstić information content (AvgIpc) is 2.27. The van der Waals surface area contributed by atoms with Gasteiger partial charge in [0.1, 0.15) is 0 Å². The smallest absolute Gasteiger partial charge is 0.191 e. The Bertz CT molecular complexity index is 223. The molecule has 88 valence electrons. The predicted octanol–water partition coefficient (Wildman–Crippen LogP) is 0.0583. The summed E-state index contributed by atoms with van der Waals surface area (Å²) >= 11 is 0. The third kappa shape index (κ3) is 4.05. The predicted molar refractivity (Wildman–Crippen MR) is 60.0 cm³/mol. The van der Waals surface area contributed by atoms with Crippen molar-refractivity contribution in [3.8, 4) is 0 Å². The number of ether oxygens (including phenoxy) is 2. The highest BCUT2D eigenvalue weighted by atomic mass is 16.5. The number of aliphatic imine (C=N–C) groups is 1. The highest BCUT2D eigenvalue weighted by molar-refractivity contribution is 5.78. The molecule has 1 saturated heterocycles. The number of hydrogen-bond acceptors (Lipinski definition) is 3. The highest BCUT2D eigenvalue weighted by Crippen LogP contribution is 2.07. The molecule has 0 aromatic heterocycles. The number of hydrogen-bond donors (Lipinski definition) is 1. The summed E-state index contributed by atoms with van der Waals surface area (Å²) in [4.78, 5) is 6.37. The number of rotatable bonds is 3. The van der Waals surface area contributed by atoms with E-state index in [-0.39, 0.29) is 5.60 Å². The molecule has 15 heavy (non-hydrogen) atoms. The first-order valence-corrected chi connectivity index (χ1v) is 5.23. The van der Waals surface area contributed by atoms with Gasteiger partial charge in [-0.05, 0) is 13.8 Å². The van der Waals surface area contributed by atoms with Gasteiger partial charge in [0.2, 0.25) is 0 Å². The highest BCUT2D eigenvalue weighted by Gasteiger charge is 2.17. The second-order valence-corrected chi connectivity index (χ2v) is 4.24. The molecule has 1 heterocycles. The Kier molecular flexibility index (Phi) is 4.35. The number of guanidine groups is 1. The summed E-state index contributed by atoms with van der Waals surface area (Å²) in [5.74, 6) is 0.587. The Morgan fingerprint density at radius 1 is 1.47 bits per heavy atom. The van der Waals surface area contributed by atoms with Crippen molar-refractivity contribution in [2.45, 2.75) is 19.4 Å². The first-order valence-electron chi connectivity index (χ1n) is 5.23. The van der Waals surface area contributed by atoms with Gasteiger partial charge in [-0.25, -0.2) is 0 Å². The lowest BCUT2D eigenvalue weighted by atomic mass is 10.1. The summed E-state index contributed by atoms with van der Waals surface area (Å²) in [7, 11) is 1.68. The van der Waals surface area contributed by atoms with E-state index in [9.17, 15) is 0 Å². The maximum Gasteiger partial charge on any atom is 0.191 e. The van der Waals surface area contributed by atoms with Crippen molar-refractivity contribution in [1.29, 1.82) is 0 Å². The molecule has 0 atom stereocenters. The van der Waals surface area contributed by atoms with E-state index in [1.54, 1.807) is 7.11 Å². The monoisotopic (exact) mass is 215 g/mol. The van der Waals surface area contributed by atoms with Gasteiger partial charge >= 0.3 is 0 Å². The van der Waals surface area contributed by atoms with Crippen molar-refractivity contribution in [3.63, 3.8) is 0 Å². The van der Waals surface area contributed by atoms with Crippen LogP contribution in [0, 0.1) is 0 Å². The maximum atomic E-state index is 5.88. The minimum absolute atomic E-state index is 0.253. The molecule has 0 amide bonds. The fourth-order valence-electron chi connectivity index (χ4n) is 1.23. The van der Waals surface area contributed by atoms with Crippen LogP contribution in [0.5, 0.6) is 0 Å². The zero-order valence-electron chi connectivity index (χ0n) is 9.82. The molecule has 2 N–H and O–H groups in total. The average molecular weight is 215 g/mol. The lowest BCUT2D eigenvalue weighted by molar-refractivity contribution is 0.0304. The zero-order valence-corrected chi connectivity index (χ0v) is 9.82. The van der Waals surface area contributed by atoms with Crippen LogP contribution in [0.1, 0.15) is 13.8 Å². The molecule has 0 aliphatic carbocycles. The second kappa shape index (κ2) is 5.32. The van der Waals surface area contributed by atoms with Crippen LogP contribution >= 0.6 is 0 Å². The van der Waals surface area contributed by atoms with Gasteiger partial charge in [-0.3, -0.25) is 4.99 Å². The van der Waals surface area contributed by atoms with Crippen LogP contribution in [0.2, 0.25) is 0 Å². The summed E-state index contributed by atoms with van der Waals surface area (Å²) in [6, 6.07) is 0. The molecule has 0 saturated carbocycles. The van der Waals surface area contributed by atoms with E-state index in [0.717, 1.165) is 26.3 Å². The minimum atomic E-state index is -0.253. The minimum Gasteiger partial charge on any atom is -0.378 e. The van der Waals surface area contributed by atoms with E-state index < -0.39 is 0 Å². The van der Waals surface area contributed by atoms with Crippen molar-refractivity contribution >= 4 is 5.96 Å². The zero-order chi connectivity index (χ0) is 11.3. The van der Waals surface area contributed by atoms with Crippen LogP contribution in [-0.4, -0.2) is 56.4 Å². The molecular formula is C10H21N3O2. The van der Waals surface area contributed by atoms with Crippen molar-refractivity contribution in [1.82, 2.24) is 4.90 Å². The molecule has 0 bridgehead atoms. The number of morpholine rings is 1. The normalized spacial score (nSPS) is 19.4. The van der Waals surface area contributed by atoms with E-state index in [1.807, 2.05) is 18.7 Å². The molecule has 1 fully saturated rings. The second-order valence-electron chi connectivity index (χ2n) is 4.24. The lowest BCUT2D eigenvalue weighted by Crippen LogP contribution is -2.45. The van der Waals surface area contributed by atoms with Crippen LogP contribution in [-0.2, 0) is 9.47 Å². The largest absolute Gasteiger partial charge is 0.378 e. The van der Waals surface area contributed by atoms with Gasteiger partial charge in [0.25, 0.3) is 0 Å². The van der Waals surface area contributed by atoms with E-state index in [1.165, 1.54) is 0 Å². The third-order valence-corrected chi connectivity index (χ3v) is 2.51. The summed E-state index contributed by atoms with van der Waals surface area (Å²) in [6.45, 7) is 7.65. The molecule has 0 radical (unpaired) electrons. The van der Waals surface area contributed by atoms with Gasteiger partial charge in [0.15, 0.2) is 5.96 Å². The first-order chi connectivity index (χ1) is 7.05. The molecular weight excluding hydrogens is 194 g/mol. The Morgan fingerprint density at radius 3 is 2.60 bits per heavy atom. The van der Waals surface area contributed by atoms with E-state index in [2.05, 4.69) is 4.99 Å². The molecule has 1 aliphatic heterocycles. The molecule has 0 spiro atoms. The van der Waals surface area contributed by atoms with E-state index in [4.69, 9.17) is 15.2 Å². The summed E-state index contributed by atoms with van der Waals surface area (Å²) in [5.41, 5.74) is 5.62. The van der Waals surface area contributed by atoms with Gasteiger partial charge in [-0.1, -0.05) is 0 Å². The summed E-state index contributed by atoms with van der Waals surface area (Å²) < 4.78 is 10.5. The molecule has 1 rings (SSSR count). The van der Waals surface area contributed by atoms with Gasteiger partial charge < -0.3 is 20.1 Å². The van der Waals surface area contributed by atoms with Crippen molar-refractivity contribution in [2.24, 2.45) is 10.7 Å². The Morgan fingerprint density at radius 2 is 2.07 bits per heavy atom. The Hall–Kier alpha value is -0.810. The third-order valence-electron chi connectivity index (χ3n) is 2.51. The molecule has 5 heteroatoms. The molecule has 0 aromatic rings. The van der Waals surface area contributed by atoms with Crippen LogP contribution in [0.4, 0.5) is 0 Å². The van der Waals surface area contributed by atoms with Gasteiger partial charge in [0, 0.05) is 20.2 Å². The van der Waals surface area contributed by atoms with Gasteiger partial charge in [-0.15, -0.1) is 0 Å². The fourth-order valence-corrected chi connectivity index (χ4v) is 1.23. The van der Waals surface area contributed by atoms with Crippen molar-refractivity contribution in [2.75, 3.05) is 40.0 Å². The number of methoxy groups -OCH3 is 1. The maximum absolute atomic E-state index is 5.88. The molecule has 0 unspecified atom stereocenters. The van der Waals surface area contributed by atoms with Crippen LogP contribution in [0.25, 0.3) is 0 Å². The Balaban J connectivity index is 2.44. The van der Waals surface area contributed by atoms with Crippen LogP contribution in [0.15, 0.2) is 4.99 Å². The summed E-state index contributed by atoms with van der Waals surface area (Å²) in [6.07, 6.45) is 0. The lowest BCUT2D eigenvalue weighted by Gasteiger charge is -2.28. The standard InChI is InChI=1S/C10H21N3O2/c1-10(2,14-3)8-12-9(11)13-4-6-15-7-5-13/h4-8H2,1-3H3,(H2,11,12). The number of nitrogens with zero attached hydrogens (tertiary/aromatic N) is 2. The molecule has 1 aliphatic rings. The van der Waals surface area contributed by atoms with Crippen molar-refractivity contribution < 1.29 is 9.47 Å². The summed E-state index contributed by atoms with van der Waals surface area (Å²) in [5, 5.41) is 0. The van der Waals surface area contributed by atoms with Crippen LogP contribution in [0.3, 0.4) is 0 Å². The first kappa shape index (κ1) is 12.3. The number of nitrogens with two attached hydrogens (primary N) is 1.